The smallest absolute Gasteiger partial charge is 0.323 e. The van der Waals surface area contributed by atoms with E-state index in [0.717, 1.165) is 36.3 Å². The monoisotopic (exact) mass is 2030 g/mol. The summed E-state index contributed by atoms with van der Waals surface area (Å²) in [7, 11) is 3.86. The minimum Gasteiger partial charge on any atom is -0.508 e. The maximum Gasteiger partial charge on any atom is 0.323 e. The van der Waals surface area contributed by atoms with Gasteiger partial charge in [0.2, 0.25) is 100 Å². The largest absolute Gasteiger partial charge is 0.508 e. The number of amides is 21. The number of aromatic amines is 1. The molecule has 3 aliphatic rings. The van der Waals surface area contributed by atoms with E-state index >= 15 is 38.4 Å². The molecule has 0 spiro atoms. The van der Waals surface area contributed by atoms with Crippen LogP contribution >= 0.6 is 11.8 Å². The summed E-state index contributed by atoms with van der Waals surface area (Å²) in [4.78, 5) is 301. The van der Waals surface area contributed by atoms with E-state index in [2.05, 4.69) is 79.4 Å². The van der Waals surface area contributed by atoms with Crippen LogP contribution < -0.4 is 85.9 Å². The third-order valence-electron chi connectivity index (χ3n) is 25.2. The van der Waals surface area contributed by atoms with Crippen LogP contribution in [0.5, 0.6) is 5.75 Å². The number of nitrogens with one attached hydrogen (secondary N) is 15. The van der Waals surface area contributed by atoms with Crippen LogP contribution in [0.4, 0.5) is 9.59 Å². The van der Waals surface area contributed by atoms with Crippen molar-refractivity contribution in [3.63, 3.8) is 0 Å². The number of benzene rings is 3. The first-order valence-electron chi connectivity index (χ1n) is 48.8. The molecule has 0 saturated carbocycles. The molecule has 3 aliphatic heterocycles. The number of thioether (sulfide) groups is 1. The minimum absolute atomic E-state index is 0.0249. The Balaban J connectivity index is 1.25. The molecular formula is C97H141N23O23S. The number of unbranched alkanes of at least 4 members (excludes halogenated alkanes) is 2. The number of aliphatic hydroxyl groups excluding tert-OH is 1. The Morgan fingerprint density at radius 3 is 1.70 bits per heavy atom. The summed E-state index contributed by atoms with van der Waals surface area (Å²) in [6.07, 6.45) is 0.0530. The van der Waals surface area contributed by atoms with Gasteiger partial charge < -0.3 is 135 Å². The van der Waals surface area contributed by atoms with Gasteiger partial charge >= 0.3 is 18.0 Å². The van der Waals surface area contributed by atoms with Crippen LogP contribution in [0.1, 0.15) is 162 Å². The highest BCUT2D eigenvalue weighted by Gasteiger charge is 2.47. The van der Waals surface area contributed by atoms with E-state index in [1.807, 2.05) is 13.8 Å². The molecule has 788 valence electrons. The highest BCUT2D eigenvalue weighted by molar-refractivity contribution is 8.00. The van der Waals surface area contributed by atoms with Gasteiger partial charge in [-0.15, -0.1) is 11.8 Å². The van der Waals surface area contributed by atoms with Gasteiger partial charge in [-0.3, -0.25) is 86.3 Å². The van der Waals surface area contributed by atoms with Crippen LogP contribution in [0.15, 0.2) is 85.2 Å². The number of para-hydroxylation sites is 2. The lowest BCUT2D eigenvalue weighted by Gasteiger charge is -2.36. The Morgan fingerprint density at radius 2 is 1.06 bits per heavy atom. The van der Waals surface area contributed by atoms with Gasteiger partial charge in [0.25, 0.3) is 0 Å². The van der Waals surface area contributed by atoms with E-state index in [0.29, 0.717) is 57.8 Å². The Labute approximate surface area is 839 Å². The van der Waals surface area contributed by atoms with Crippen molar-refractivity contribution in [1.82, 2.24) is 108 Å². The number of carboxylic acids is 1. The third kappa shape index (κ3) is 33.2. The molecule has 22 N–H and O–H groups in total. The lowest BCUT2D eigenvalue weighted by atomic mass is 9.99. The predicted molar refractivity (Wildman–Crippen MR) is 531 cm³/mol. The highest BCUT2D eigenvalue weighted by atomic mass is 32.2. The highest BCUT2D eigenvalue weighted by Crippen LogP contribution is 2.29. The Morgan fingerprint density at radius 1 is 0.514 bits per heavy atom. The van der Waals surface area contributed by atoms with E-state index < -0.39 is 278 Å². The zero-order valence-corrected chi connectivity index (χ0v) is 84.4. The van der Waals surface area contributed by atoms with Crippen molar-refractivity contribution < 1.29 is 111 Å². The second-order valence-corrected chi connectivity index (χ2v) is 38.3. The molecule has 5 aromatic rings. The maximum atomic E-state index is 16.2. The molecule has 46 nitrogen and oxygen atoms in total. The molecule has 3 aromatic carbocycles. The SMILES string of the molecule is CCCC[C@H]1C(=O)N(C)[C@@H](CCCC)C(=O)N[C@@H](CC(C)C)C(=O)N[C@H](C(=O)NCC(N)=O)CSCC(=O)N[C@@H](Cc2ccc(O)cc2)C(=O)N(C)[C@@H](C)C(=O)N[C@@H](CC(N)=O)C(=O)N2CCC[C@H]2C(=O)N[C@@H](CNC(=O)NCC)C(=O)N[C@@H](CC(C)C)C(=O)N2C[C@H](O)C[C@H]2C(=O)N[C@@H](Cc2c[nH]c3ccccc23)C(=O)N[C@@H](CCNC(=O)NCC)C(=O)N[C@@H](Cc2cn(CC(=O)O)c3ccccc23)C(=O)N1C. The number of likely N-dealkylation sites (N-methyl/N-ethyl adjacent to an activating group) is 3. The lowest BCUT2D eigenvalue weighted by Crippen LogP contribution is -2.62. The number of phenols is 1. The second kappa shape index (κ2) is 55.5. The van der Waals surface area contributed by atoms with Crippen molar-refractivity contribution in [2.45, 2.75) is 262 Å². The maximum absolute atomic E-state index is 16.2. The van der Waals surface area contributed by atoms with Crippen LogP contribution in [-0.2, 0) is 112 Å². The van der Waals surface area contributed by atoms with Crippen LogP contribution in [0.3, 0.4) is 0 Å². The topological polar surface area (TPSA) is 659 Å². The number of primary amides is 2. The first kappa shape index (κ1) is 115. The van der Waals surface area contributed by atoms with Gasteiger partial charge in [-0.2, -0.15) is 0 Å². The van der Waals surface area contributed by atoms with Gasteiger partial charge in [0, 0.05) is 126 Å². The van der Waals surface area contributed by atoms with E-state index in [4.69, 9.17) is 11.5 Å². The molecule has 0 bridgehead atoms. The number of carbonyl (C=O) groups excluding carboxylic acids is 19. The first-order valence-corrected chi connectivity index (χ1v) is 49.9. The number of fused-ring (bicyclic) bond motifs is 4. The number of H-pyrrole nitrogens is 1. The number of urea groups is 2. The van der Waals surface area contributed by atoms with Crippen molar-refractivity contribution in [1.29, 1.82) is 0 Å². The Kier molecular flexibility index (Phi) is 44.3. The number of aromatic hydroxyl groups is 1. The molecule has 8 rings (SSSR count). The number of carboxylic acid groups (broad SMARTS) is 1. The van der Waals surface area contributed by atoms with Crippen LogP contribution in [0.25, 0.3) is 21.8 Å². The van der Waals surface area contributed by atoms with E-state index in [9.17, 15) is 72.9 Å². The molecule has 15 atom stereocenters. The zero-order valence-electron chi connectivity index (χ0n) is 83.5. The Hall–Kier alpha value is -14.2. The van der Waals surface area contributed by atoms with Gasteiger partial charge in [0.1, 0.15) is 96.9 Å². The number of aliphatic hydroxyl groups is 1. The molecule has 144 heavy (non-hydrogen) atoms. The lowest BCUT2D eigenvalue weighted by molar-refractivity contribution is -0.149. The second-order valence-electron chi connectivity index (χ2n) is 37.3. The minimum atomic E-state index is -1.83. The van der Waals surface area contributed by atoms with Crippen molar-refractivity contribution in [3.05, 3.63) is 102 Å². The summed E-state index contributed by atoms with van der Waals surface area (Å²) >= 11 is 0.770. The molecule has 47 heteroatoms. The number of nitrogens with two attached hydrogens (primary N) is 2. The van der Waals surface area contributed by atoms with Crippen molar-refractivity contribution in [3.8, 4) is 5.75 Å². The molecule has 3 fully saturated rings. The summed E-state index contributed by atoms with van der Waals surface area (Å²) in [5, 5.41) is 70.0. The summed E-state index contributed by atoms with van der Waals surface area (Å²) in [5.74, 6) is -19.7. The molecule has 5 heterocycles. The van der Waals surface area contributed by atoms with Crippen molar-refractivity contribution >= 4 is 152 Å². The normalized spacial score (nSPS) is 23.9. The predicted octanol–water partition coefficient (Wildman–Crippen LogP) is -1.52. The van der Waals surface area contributed by atoms with Crippen molar-refractivity contribution in [2.24, 2.45) is 23.3 Å². The number of hydrogen-bond donors (Lipinski definition) is 20. The van der Waals surface area contributed by atoms with Crippen LogP contribution in [0.2, 0.25) is 0 Å². The number of aromatic nitrogens is 2. The number of rotatable bonds is 30. The fourth-order valence-corrected chi connectivity index (χ4v) is 18.4. The number of hydrogen-bond acceptors (Lipinski definition) is 23. The fraction of sp³-hybridized carbons (Fsp3) is 0.567. The molecule has 3 saturated heterocycles. The average molecular weight is 2030 g/mol. The Bertz CT molecular complexity index is 5400. The summed E-state index contributed by atoms with van der Waals surface area (Å²) in [6, 6.07) is -4.86. The van der Waals surface area contributed by atoms with Gasteiger partial charge in [0.15, 0.2) is 0 Å². The van der Waals surface area contributed by atoms with Gasteiger partial charge in [-0.05, 0) is 119 Å². The van der Waals surface area contributed by atoms with Crippen LogP contribution in [-0.4, -0.2) is 337 Å². The van der Waals surface area contributed by atoms with Gasteiger partial charge in [-0.1, -0.05) is 116 Å². The summed E-state index contributed by atoms with van der Waals surface area (Å²) in [5.41, 5.74) is 13.3. The van der Waals surface area contributed by atoms with Gasteiger partial charge in [0.05, 0.1) is 24.8 Å². The summed E-state index contributed by atoms with van der Waals surface area (Å²) < 4.78 is 1.42. The molecular weight excluding hydrogens is 1890 g/mol. The standard InChI is InChI=1S/C97H141N23O23S/c1-13-17-27-74-88(134)108-65(38-53(5)6)85(131)114-72(83(129)104-47-79(99)124)51-144-52-80(125)106-68(40-56-31-33-59(121)34-32-56)91(137)115(10)55(9)82(128)110-70(44-78(98)123)93(139)119-37-23-30-75(119)89(135)113-71(46-105-97(143)101-16-4)87(133)111-67(39-54(7)8)94(140)120-49-60(122)43-77(120)90(136)109-66(41-57-45-103-63-26-21-19-24-61(57)63)86(132)107-64(35-36-102-96(142)100-15-3)84(130)112-69(92(138)117(12)76(28-18-14-2)95(141)116(74)11)42-58-48-118(50-81(126)127)73-29-22-20-25-62(58)73/h19-22,24-26,29,31-34,45,48,53-55,60,64-72,74-77,103,121-122H,13-18,23,27-28,30,35-44,46-47,49-52H2,1-12H3,(H2,98,123)(H2,99,124)(H,104,129)(H,106,125)(H,107,132)(H,108,134)(H,109,136)(H,110,128)(H,111,133)(H,112,130)(H,113,135)(H,114,131)(H,126,127)(H2,100,102,142)(H2,101,105,143)/t55-,60+,64-,65-,66-,67-,68-,69-,70-,71-,72-,74-,75-,76-,77-/m0/s1. The molecule has 0 unspecified atom stereocenters. The number of nitrogens with zero attached hydrogens (tertiary/aromatic N) is 6. The number of carbonyl (C=O) groups is 20. The van der Waals surface area contributed by atoms with Gasteiger partial charge in [-0.25, -0.2) is 9.59 Å². The first-order chi connectivity index (χ1) is 68.4. The molecule has 0 aliphatic carbocycles. The molecule has 0 radical (unpaired) electrons. The molecule has 21 amide bonds. The molecule has 2 aromatic heterocycles. The third-order valence-corrected chi connectivity index (χ3v) is 26.3. The van der Waals surface area contributed by atoms with Crippen LogP contribution in [0, 0.1) is 11.8 Å². The number of phenolic OH excluding ortho intramolecular Hbond substituents is 1. The van der Waals surface area contributed by atoms with Crippen molar-refractivity contribution in [2.75, 3.05) is 78.5 Å². The quantitative estimate of drug-likeness (QED) is 0.0248. The van der Waals surface area contributed by atoms with E-state index in [1.54, 1.807) is 96.3 Å². The van der Waals surface area contributed by atoms with E-state index in [-0.39, 0.29) is 95.6 Å². The summed E-state index contributed by atoms with van der Waals surface area (Å²) in [6.45, 7) is 12.3. The number of aliphatic carboxylic acids is 1. The zero-order chi connectivity index (χ0) is 106. The fourth-order valence-electron chi connectivity index (χ4n) is 17.6. The average Bonchev–Trinajstić information content (AvgIpc) is 1.61. The van der Waals surface area contributed by atoms with E-state index in [1.165, 1.54) is 63.1 Å².